The summed E-state index contributed by atoms with van der Waals surface area (Å²) in [6.07, 6.45) is 8.57. The third-order valence-corrected chi connectivity index (χ3v) is 3.66. The Morgan fingerprint density at radius 2 is 2.00 bits per heavy atom. The van der Waals surface area contributed by atoms with Crippen LogP contribution in [0, 0.1) is 5.92 Å². The average Bonchev–Trinajstić information content (AvgIpc) is 2.40. The van der Waals surface area contributed by atoms with Crippen LogP contribution in [0.2, 0.25) is 0 Å². The standard InChI is InChI=1S/C12H22N2O/c15-12(10-5-4-6-10)14-9-11-7-2-1-3-8-13-11/h10-11,13H,1-9H2,(H,14,15). The summed E-state index contributed by atoms with van der Waals surface area (Å²) in [6, 6.07) is 0.511. The summed E-state index contributed by atoms with van der Waals surface area (Å²) < 4.78 is 0. The number of hydrogen-bond donors (Lipinski definition) is 2. The van der Waals surface area contributed by atoms with Crippen molar-refractivity contribution in [3.05, 3.63) is 0 Å². The van der Waals surface area contributed by atoms with Crippen molar-refractivity contribution < 1.29 is 4.79 Å². The van der Waals surface area contributed by atoms with E-state index < -0.39 is 0 Å². The van der Waals surface area contributed by atoms with E-state index in [9.17, 15) is 4.79 Å². The topological polar surface area (TPSA) is 41.1 Å². The molecule has 0 aromatic carbocycles. The van der Waals surface area contributed by atoms with Crippen molar-refractivity contribution >= 4 is 5.91 Å². The van der Waals surface area contributed by atoms with E-state index in [2.05, 4.69) is 10.6 Å². The fraction of sp³-hybridized carbons (Fsp3) is 0.917. The van der Waals surface area contributed by atoms with Gasteiger partial charge in [-0.3, -0.25) is 4.79 Å². The third-order valence-electron chi connectivity index (χ3n) is 3.66. The van der Waals surface area contributed by atoms with Crippen LogP contribution in [0.25, 0.3) is 0 Å². The van der Waals surface area contributed by atoms with Crippen molar-refractivity contribution in [2.75, 3.05) is 13.1 Å². The largest absolute Gasteiger partial charge is 0.354 e. The van der Waals surface area contributed by atoms with Crippen LogP contribution in [0.5, 0.6) is 0 Å². The van der Waals surface area contributed by atoms with Gasteiger partial charge in [0.2, 0.25) is 5.91 Å². The molecule has 3 heteroatoms. The molecular weight excluding hydrogens is 188 g/mol. The molecule has 0 aromatic heterocycles. The van der Waals surface area contributed by atoms with E-state index in [0.29, 0.717) is 12.0 Å². The molecule has 0 radical (unpaired) electrons. The van der Waals surface area contributed by atoms with Crippen LogP contribution in [0.15, 0.2) is 0 Å². The molecule has 86 valence electrons. The van der Waals surface area contributed by atoms with Gasteiger partial charge in [-0.2, -0.15) is 0 Å². The van der Waals surface area contributed by atoms with E-state index in [1.54, 1.807) is 0 Å². The molecule has 15 heavy (non-hydrogen) atoms. The quantitative estimate of drug-likeness (QED) is 0.740. The second-order valence-electron chi connectivity index (χ2n) is 4.87. The average molecular weight is 210 g/mol. The van der Waals surface area contributed by atoms with Gasteiger partial charge in [0.05, 0.1) is 0 Å². The van der Waals surface area contributed by atoms with Gasteiger partial charge in [0.1, 0.15) is 0 Å². The molecule has 0 bridgehead atoms. The second-order valence-corrected chi connectivity index (χ2v) is 4.87. The van der Waals surface area contributed by atoms with Crippen LogP contribution in [-0.4, -0.2) is 25.0 Å². The normalized spacial score (nSPS) is 27.9. The van der Waals surface area contributed by atoms with Crippen molar-refractivity contribution in [1.82, 2.24) is 10.6 Å². The highest BCUT2D eigenvalue weighted by atomic mass is 16.1. The van der Waals surface area contributed by atoms with Crippen molar-refractivity contribution in [2.24, 2.45) is 5.92 Å². The van der Waals surface area contributed by atoms with Crippen LogP contribution in [0.4, 0.5) is 0 Å². The SMILES string of the molecule is O=C(NCC1CCCCCN1)C1CCC1. The van der Waals surface area contributed by atoms with E-state index >= 15 is 0 Å². The van der Waals surface area contributed by atoms with Gasteiger partial charge in [0.15, 0.2) is 0 Å². The molecule has 1 amide bonds. The Morgan fingerprint density at radius 1 is 1.13 bits per heavy atom. The van der Waals surface area contributed by atoms with E-state index in [4.69, 9.17) is 0 Å². The third kappa shape index (κ3) is 3.20. The second kappa shape index (κ2) is 5.50. The van der Waals surface area contributed by atoms with Gasteiger partial charge in [-0.15, -0.1) is 0 Å². The molecule has 1 aliphatic carbocycles. The van der Waals surface area contributed by atoms with Crippen LogP contribution >= 0.6 is 0 Å². The van der Waals surface area contributed by atoms with E-state index in [1.807, 2.05) is 0 Å². The molecule has 1 saturated carbocycles. The zero-order chi connectivity index (χ0) is 10.5. The summed E-state index contributed by atoms with van der Waals surface area (Å²) in [5, 5.41) is 6.58. The zero-order valence-corrected chi connectivity index (χ0v) is 9.43. The summed E-state index contributed by atoms with van der Waals surface area (Å²) in [4.78, 5) is 11.6. The predicted molar refractivity (Wildman–Crippen MR) is 60.6 cm³/mol. The van der Waals surface area contributed by atoms with Crippen LogP contribution < -0.4 is 10.6 Å². The van der Waals surface area contributed by atoms with Gasteiger partial charge in [-0.1, -0.05) is 19.3 Å². The lowest BCUT2D eigenvalue weighted by Gasteiger charge is -2.25. The first kappa shape index (κ1) is 10.9. The number of nitrogens with one attached hydrogen (secondary N) is 2. The maximum absolute atomic E-state index is 11.6. The molecular formula is C12H22N2O. The molecule has 1 heterocycles. The van der Waals surface area contributed by atoms with E-state index in [1.165, 1.54) is 32.1 Å². The Kier molecular flexibility index (Phi) is 4.01. The molecule has 3 nitrogen and oxygen atoms in total. The predicted octanol–water partition coefficient (Wildman–Crippen LogP) is 1.43. The number of carbonyl (C=O) groups excluding carboxylic acids is 1. The number of carbonyl (C=O) groups is 1. The Labute approximate surface area is 92.0 Å². The Balaban J connectivity index is 1.64. The molecule has 1 atom stereocenters. The number of rotatable bonds is 3. The highest BCUT2D eigenvalue weighted by Crippen LogP contribution is 2.26. The molecule has 2 fully saturated rings. The first-order valence-electron chi connectivity index (χ1n) is 6.37. The summed E-state index contributed by atoms with van der Waals surface area (Å²) in [6.45, 7) is 1.94. The molecule has 1 aliphatic heterocycles. The Morgan fingerprint density at radius 3 is 2.73 bits per heavy atom. The van der Waals surface area contributed by atoms with Crippen molar-refractivity contribution in [2.45, 2.75) is 51.0 Å². The Bertz CT molecular complexity index is 206. The maximum Gasteiger partial charge on any atom is 0.223 e. The van der Waals surface area contributed by atoms with Gasteiger partial charge in [-0.05, 0) is 32.2 Å². The molecule has 0 spiro atoms. The molecule has 1 unspecified atom stereocenters. The van der Waals surface area contributed by atoms with E-state index in [0.717, 1.165) is 25.9 Å². The highest BCUT2D eigenvalue weighted by molar-refractivity contribution is 5.79. The van der Waals surface area contributed by atoms with Crippen molar-refractivity contribution in [3.8, 4) is 0 Å². The zero-order valence-electron chi connectivity index (χ0n) is 9.43. The Hall–Kier alpha value is -0.570. The molecule has 2 aliphatic rings. The summed E-state index contributed by atoms with van der Waals surface area (Å²) in [7, 11) is 0. The molecule has 1 saturated heterocycles. The molecule has 0 aromatic rings. The lowest BCUT2D eigenvalue weighted by atomic mass is 9.85. The minimum atomic E-state index is 0.285. The van der Waals surface area contributed by atoms with Gasteiger partial charge in [0.25, 0.3) is 0 Å². The fourth-order valence-corrected chi connectivity index (χ4v) is 2.31. The summed E-state index contributed by atoms with van der Waals surface area (Å²) in [5.41, 5.74) is 0. The minimum Gasteiger partial charge on any atom is -0.354 e. The van der Waals surface area contributed by atoms with Gasteiger partial charge in [-0.25, -0.2) is 0 Å². The lowest BCUT2D eigenvalue weighted by molar-refractivity contribution is -0.127. The van der Waals surface area contributed by atoms with Crippen molar-refractivity contribution in [3.63, 3.8) is 0 Å². The first-order valence-corrected chi connectivity index (χ1v) is 6.37. The molecule has 2 rings (SSSR count). The number of hydrogen-bond acceptors (Lipinski definition) is 2. The summed E-state index contributed by atoms with van der Waals surface area (Å²) in [5.74, 6) is 0.614. The minimum absolute atomic E-state index is 0.285. The van der Waals surface area contributed by atoms with Crippen LogP contribution in [0.3, 0.4) is 0 Å². The van der Waals surface area contributed by atoms with Crippen LogP contribution in [-0.2, 0) is 4.79 Å². The smallest absolute Gasteiger partial charge is 0.223 e. The molecule has 2 N–H and O–H groups in total. The van der Waals surface area contributed by atoms with Gasteiger partial charge < -0.3 is 10.6 Å². The van der Waals surface area contributed by atoms with E-state index in [-0.39, 0.29) is 5.91 Å². The highest BCUT2D eigenvalue weighted by Gasteiger charge is 2.25. The maximum atomic E-state index is 11.6. The van der Waals surface area contributed by atoms with Crippen LogP contribution in [0.1, 0.15) is 44.9 Å². The summed E-state index contributed by atoms with van der Waals surface area (Å²) >= 11 is 0. The van der Waals surface area contributed by atoms with Gasteiger partial charge in [0, 0.05) is 18.5 Å². The number of amides is 1. The lowest BCUT2D eigenvalue weighted by Crippen LogP contribution is -2.43. The fourth-order valence-electron chi connectivity index (χ4n) is 2.31. The van der Waals surface area contributed by atoms with Gasteiger partial charge >= 0.3 is 0 Å². The monoisotopic (exact) mass is 210 g/mol. The van der Waals surface area contributed by atoms with Crippen molar-refractivity contribution in [1.29, 1.82) is 0 Å². The first-order chi connectivity index (χ1) is 7.36.